The largest absolute Gasteiger partial charge is 1.00 e. The minimum Gasteiger partial charge on any atom is -1.00 e. The summed E-state index contributed by atoms with van der Waals surface area (Å²) in [7, 11) is -4.64. The summed E-state index contributed by atoms with van der Waals surface area (Å²) in [5.74, 6) is 0. The number of phosphoric acid groups is 1. The van der Waals surface area contributed by atoms with E-state index < -0.39 is 7.82 Å². The molecule has 0 saturated heterocycles. The molecular weight excluding hydrogens is 157 g/mol. The van der Waals surface area contributed by atoms with Crippen molar-refractivity contribution < 1.29 is 103 Å². The third-order valence-corrected chi connectivity index (χ3v) is 0. The zero-order valence-corrected chi connectivity index (χ0v) is 10.2. The molecule has 0 aromatic rings. The van der Waals surface area contributed by atoms with E-state index in [4.69, 9.17) is 19.2 Å². The van der Waals surface area contributed by atoms with Crippen molar-refractivity contribution >= 4 is 7.82 Å². The molecule has 0 fully saturated rings. The molecule has 0 amide bonds. The van der Waals surface area contributed by atoms with Crippen LogP contribution < -0.4 is 80.9 Å². The number of hydrogen-bond donors (Lipinski definition) is 3. The molecule has 0 aromatic carbocycles. The minimum absolute atomic E-state index is 0. The van der Waals surface area contributed by atoms with Crippen LogP contribution >= 0.6 is 7.82 Å². The Labute approximate surface area is 109 Å². The van der Waals surface area contributed by atoms with Gasteiger partial charge in [-0.3, -0.25) is 0 Å². The molecule has 7 heavy (non-hydrogen) atoms. The second-order valence-electron chi connectivity index (χ2n) is 0.513. The summed E-state index contributed by atoms with van der Waals surface area (Å²) in [6.07, 6.45) is 0. The van der Waals surface area contributed by atoms with Crippen molar-refractivity contribution in [3.8, 4) is 0 Å². The van der Waals surface area contributed by atoms with Crippen LogP contribution in [0.25, 0.3) is 0 Å². The molecule has 7 heteroatoms. The Kier molecular flexibility index (Phi) is 16.1. The van der Waals surface area contributed by atoms with Gasteiger partial charge in [-0.25, -0.2) is 4.57 Å². The molecule has 0 aliphatic carbocycles. The Morgan fingerprint density at radius 2 is 1.29 bits per heavy atom. The van der Waals surface area contributed by atoms with Crippen molar-refractivity contribution in [3.63, 3.8) is 0 Å². The first-order chi connectivity index (χ1) is 2.00. The smallest absolute Gasteiger partial charge is 1.00 e. The fourth-order valence-electron chi connectivity index (χ4n) is 0. The van der Waals surface area contributed by atoms with Crippen LogP contribution in [0.1, 0.15) is 2.85 Å². The number of hydrogen-bond acceptors (Lipinski definition) is 1. The average Bonchev–Trinajstić information content (AvgIpc) is 0.722. The van der Waals surface area contributed by atoms with E-state index in [2.05, 4.69) is 0 Å². The minimum atomic E-state index is -4.64. The van der Waals surface area contributed by atoms with Crippen molar-refractivity contribution in [2.45, 2.75) is 0 Å². The van der Waals surface area contributed by atoms with Gasteiger partial charge in [0.05, 0.1) is 0 Å². The summed E-state index contributed by atoms with van der Waals surface area (Å²) in [5.41, 5.74) is 0. The Bertz CT molecular complexity index is 64.7. The van der Waals surface area contributed by atoms with Crippen molar-refractivity contribution in [2.24, 2.45) is 0 Å². The van der Waals surface area contributed by atoms with Crippen LogP contribution in [0.3, 0.4) is 0 Å². The fraction of sp³-hybridized carbons (Fsp3) is 0. The van der Waals surface area contributed by atoms with Crippen LogP contribution in [0.5, 0.6) is 0 Å². The van der Waals surface area contributed by atoms with E-state index >= 15 is 0 Å². The molecule has 36 valence electrons. The van der Waals surface area contributed by atoms with Gasteiger partial charge in [-0.15, -0.1) is 0 Å². The standard InChI is InChI=1S/K.Na.H3O4P.2H/c;;1-5(2,3)4;;/h;;(H3,1,2,3,4);;/q2*+1;;2*-1. The molecule has 0 rings (SSSR count). The summed E-state index contributed by atoms with van der Waals surface area (Å²) >= 11 is 0. The first kappa shape index (κ1) is 16.4. The quantitative estimate of drug-likeness (QED) is 0.244. The topological polar surface area (TPSA) is 77.8 Å². The van der Waals surface area contributed by atoms with Gasteiger partial charge in [0.1, 0.15) is 0 Å². The van der Waals surface area contributed by atoms with E-state index in [0.717, 1.165) is 0 Å². The predicted molar refractivity (Wildman–Crippen MR) is 16.5 cm³/mol. The Morgan fingerprint density at radius 1 is 1.29 bits per heavy atom. The molecule has 0 bridgehead atoms. The van der Waals surface area contributed by atoms with Crippen LogP contribution in [0.2, 0.25) is 0 Å². The van der Waals surface area contributed by atoms with E-state index in [9.17, 15) is 0 Å². The van der Waals surface area contributed by atoms with Crippen LogP contribution in [0.15, 0.2) is 0 Å². The van der Waals surface area contributed by atoms with Crippen molar-refractivity contribution in [1.29, 1.82) is 0 Å². The molecule has 0 spiro atoms. The first-order valence-electron chi connectivity index (χ1n) is 0.783. The predicted octanol–water partition coefficient (Wildman–Crippen LogP) is -6.70. The van der Waals surface area contributed by atoms with Crippen molar-refractivity contribution in [2.75, 3.05) is 0 Å². The van der Waals surface area contributed by atoms with Gasteiger partial charge in [0.15, 0.2) is 0 Å². The van der Waals surface area contributed by atoms with E-state index in [1.54, 1.807) is 0 Å². The SMILES string of the molecule is O=P(O)(O)O.[H-].[H-].[K+].[Na+]. The Hall–Kier alpha value is 2.75. The Balaban J connectivity index is -0.0000000133. The molecule has 0 radical (unpaired) electrons. The van der Waals surface area contributed by atoms with Crippen LogP contribution in [0.4, 0.5) is 0 Å². The molecular formula is H5KNaO4P. The second-order valence-corrected chi connectivity index (χ2v) is 1.54. The van der Waals surface area contributed by atoms with E-state index in [0.29, 0.717) is 0 Å². The third-order valence-electron chi connectivity index (χ3n) is 0. The van der Waals surface area contributed by atoms with Gasteiger partial charge >= 0.3 is 88.8 Å². The maximum Gasteiger partial charge on any atom is 1.00 e. The van der Waals surface area contributed by atoms with Gasteiger partial charge in [-0.1, -0.05) is 0 Å². The normalized spacial score (nSPS) is 8.43. The molecule has 0 aliphatic heterocycles. The maximum absolute atomic E-state index is 8.88. The summed E-state index contributed by atoms with van der Waals surface area (Å²) in [5, 5.41) is 0. The molecule has 0 saturated carbocycles. The molecule has 0 unspecified atom stereocenters. The average molecular weight is 162 g/mol. The summed E-state index contributed by atoms with van der Waals surface area (Å²) < 4.78 is 8.88. The van der Waals surface area contributed by atoms with Gasteiger partial charge in [-0.05, 0) is 0 Å². The van der Waals surface area contributed by atoms with Crippen LogP contribution in [0, 0.1) is 0 Å². The molecule has 4 nitrogen and oxygen atoms in total. The molecule has 0 heterocycles. The van der Waals surface area contributed by atoms with E-state index in [1.807, 2.05) is 0 Å². The summed E-state index contributed by atoms with van der Waals surface area (Å²) in [6, 6.07) is 0. The fourth-order valence-corrected chi connectivity index (χ4v) is 0. The summed E-state index contributed by atoms with van der Waals surface area (Å²) in [4.78, 5) is 21.6. The van der Waals surface area contributed by atoms with E-state index in [1.165, 1.54) is 0 Å². The van der Waals surface area contributed by atoms with Gasteiger partial charge < -0.3 is 17.5 Å². The van der Waals surface area contributed by atoms with Gasteiger partial charge in [0.25, 0.3) is 0 Å². The van der Waals surface area contributed by atoms with E-state index in [-0.39, 0.29) is 83.8 Å². The second kappa shape index (κ2) is 6.86. The van der Waals surface area contributed by atoms with Crippen molar-refractivity contribution in [3.05, 3.63) is 0 Å². The monoisotopic (exact) mass is 162 g/mol. The van der Waals surface area contributed by atoms with Gasteiger partial charge in [0.2, 0.25) is 0 Å². The Morgan fingerprint density at radius 3 is 1.29 bits per heavy atom. The van der Waals surface area contributed by atoms with Crippen LogP contribution in [-0.4, -0.2) is 14.7 Å². The maximum atomic E-state index is 8.88. The van der Waals surface area contributed by atoms with Crippen LogP contribution in [-0.2, 0) is 4.57 Å². The zero-order valence-electron chi connectivity index (χ0n) is 6.20. The number of rotatable bonds is 0. The molecule has 0 atom stereocenters. The third kappa shape index (κ3) is 52.8. The molecule has 0 aliphatic rings. The molecule has 0 aromatic heterocycles. The van der Waals surface area contributed by atoms with Gasteiger partial charge in [-0.2, -0.15) is 0 Å². The van der Waals surface area contributed by atoms with Crippen molar-refractivity contribution in [1.82, 2.24) is 0 Å². The molecule has 3 N–H and O–H groups in total. The zero-order chi connectivity index (χ0) is 4.50. The first-order valence-corrected chi connectivity index (χ1v) is 2.35. The summed E-state index contributed by atoms with van der Waals surface area (Å²) in [6.45, 7) is 0. The van der Waals surface area contributed by atoms with Gasteiger partial charge in [0, 0.05) is 0 Å².